The van der Waals surface area contributed by atoms with Gasteiger partial charge in [0, 0.05) is 48.0 Å². The molecule has 208 valence electrons. The Bertz CT molecular complexity index is 1600. The van der Waals surface area contributed by atoms with Gasteiger partial charge in [0.1, 0.15) is 6.04 Å². The van der Waals surface area contributed by atoms with Crippen LogP contribution in [0, 0.1) is 6.92 Å². The SMILES string of the molecule is CNC(=O)c1ccc2c(C)cn(C(C)C(=O)Nc3cc(Cn4cc(C(C)=O)cn4)ccc3CCCC(=O)O)c2c1. The third-order valence-corrected chi connectivity index (χ3v) is 6.97. The van der Waals surface area contributed by atoms with Gasteiger partial charge in [-0.05, 0) is 68.5 Å². The maximum Gasteiger partial charge on any atom is 0.303 e. The van der Waals surface area contributed by atoms with E-state index in [9.17, 15) is 19.2 Å². The van der Waals surface area contributed by atoms with E-state index in [-0.39, 0.29) is 24.0 Å². The first-order chi connectivity index (χ1) is 19.1. The number of carboxylic acids is 1. The van der Waals surface area contributed by atoms with E-state index < -0.39 is 12.0 Å². The Labute approximate surface area is 232 Å². The monoisotopic (exact) mass is 543 g/mol. The highest BCUT2D eigenvalue weighted by Crippen LogP contribution is 2.27. The number of aliphatic carboxylic acids is 1. The second kappa shape index (κ2) is 12.0. The summed E-state index contributed by atoms with van der Waals surface area (Å²) < 4.78 is 3.51. The van der Waals surface area contributed by atoms with Crippen molar-refractivity contribution in [1.82, 2.24) is 19.7 Å². The predicted molar refractivity (Wildman–Crippen MR) is 152 cm³/mol. The second-order valence-corrected chi connectivity index (χ2v) is 9.92. The number of fused-ring (bicyclic) bond motifs is 1. The average Bonchev–Trinajstić information content (AvgIpc) is 3.53. The number of hydrogen-bond acceptors (Lipinski definition) is 5. The fourth-order valence-electron chi connectivity index (χ4n) is 4.70. The number of ketones is 1. The van der Waals surface area contributed by atoms with Gasteiger partial charge in [-0.2, -0.15) is 5.10 Å². The minimum Gasteiger partial charge on any atom is -0.481 e. The highest BCUT2D eigenvalue weighted by Gasteiger charge is 2.20. The van der Waals surface area contributed by atoms with Crippen molar-refractivity contribution >= 4 is 40.2 Å². The number of carboxylic acid groups (broad SMARTS) is 1. The van der Waals surface area contributed by atoms with Crippen LogP contribution in [0.2, 0.25) is 0 Å². The van der Waals surface area contributed by atoms with Crippen molar-refractivity contribution in [2.75, 3.05) is 12.4 Å². The average molecular weight is 544 g/mol. The van der Waals surface area contributed by atoms with E-state index in [1.54, 1.807) is 37.0 Å². The smallest absolute Gasteiger partial charge is 0.303 e. The lowest BCUT2D eigenvalue weighted by Gasteiger charge is -2.18. The minimum absolute atomic E-state index is 0.0228. The van der Waals surface area contributed by atoms with Crippen molar-refractivity contribution in [1.29, 1.82) is 0 Å². The van der Waals surface area contributed by atoms with Gasteiger partial charge in [0.05, 0.1) is 18.3 Å². The van der Waals surface area contributed by atoms with Gasteiger partial charge in [-0.3, -0.25) is 23.9 Å². The molecule has 1 atom stereocenters. The van der Waals surface area contributed by atoms with Crippen molar-refractivity contribution < 1.29 is 24.3 Å². The van der Waals surface area contributed by atoms with Crippen LogP contribution in [0.5, 0.6) is 0 Å². The zero-order valence-electron chi connectivity index (χ0n) is 23.0. The van der Waals surface area contributed by atoms with Crippen LogP contribution in [0.1, 0.15) is 70.1 Å². The maximum atomic E-state index is 13.6. The third-order valence-electron chi connectivity index (χ3n) is 6.97. The standard InChI is InChI=1S/C30H33N5O5/c1-18-15-35(27-13-23(30(40)31-4)10-11-25(18)27)19(2)29(39)33-26-12-21(8-9-22(26)6-5-7-28(37)38)16-34-17-24(14-32-34)20(3)36/h8-15,17,19H,5-7,16H2,1-4H3,(H,31,40)(H,33,39)(H,37,38). The van der Waals surface area contributed by atoms with E-state index in [2.05, 4.69) is 15.7 Å². The molecule has 2 aromatic heterocycles. The summed E-state index contributed by atoms with van der Waals surface area (Å²) in [5.41, 5.74) is 5.06. The Morgan fingerprint density at radius 2 is 1.82 bits per heavy atom. The Hall–Kier alpha value is -4.73. The molecule has 0 aliphatic heterocycles. The van der Waals surface area contributed by atoms with E-state index in [1.807, 2.05) is 42.0 Å². The van der Waals surface area contributed by atoms with Crippen LogP contribution in [0.4, 0.5) is 5.69 Å². The van der Waals surface area contributed by atoms with Crippen LogP contribution >= 0.6 is 0 Å². The first-order valence-electron chi connectivity index (χ1n) is 13.1. The van der Waals surface area contributed by atoms with Gasteiger partial charge < -0.3 is 20.3 Å². The molecule has 10 heteroatoms. The quantitative estimate of drug-likeness (QED) is 0.241. The number of carbonyl (C=O) groups is 4. The second-order valence-electron chi connectivity index (χ2n) is 9.92. The summed E-state index contributed by atoms with van der Waals surface area (Å²) >= 11 is 0. The number of carbonyl (C=O) groups excluding carboxylic acids is 3. The molecule has 2 aromatic carbocycles. The molecule has 2 heterocycles. The minimum atomic E-state index is -0.873. The Kier molecular flexibility index (Phi) is 8.47. The number of rotatable bonds is 11. The molecular formula is C30H33N5O5. The molecular weight excluding hydrogens is 510 g/mol. The van der Waals surface area contributed by atoms with Gasteiger partial charge in [-0.15, -0.1) is 0 Å². The van der Waals surface area contributed by atoms with Crippen LogP contribution in [0.25, 0.3) is 10.9 Å². The highest BCUT2D eigenvalue weighted by molar-refractivity contribution is 6.00. The number of nitrogens with zero attached hydrogens (tertiary/aromatic N) is 3. The van der Waals surface area contributed by atoms with Gasteiger partial charge in [0.15, 0.2) is 5.78 Å². The fraction of sp³-hybridized carbons (Fsp3) is 0.300. The molecule has 4 aromatic rings. The molecule has 40 heavy (non-hydrogen) atoms. The number of benzene rings is 2. The number of amides is 2. The predicted octanol–water partition coefficient (Wildman–Crippen LogP) is 4.36. The number of nitrogens with one attached hydrogen (secondary N) is 2. The molecule has 0 saturated heterocycles. The molecule has 1 unspecified atom stereocenters. The Balaban J connectivity index is 1.62. The van der Waals surface area contributed by atoms with Gasteiger partial charge in [0.2, 0.25) is 5.91 Å². The third kappa shape index (κ3) is 6.28. The van der Waals surface area contributed by atoms with Crippen LogP contribution in [-0.2, 0) is 22.6 Å². The largest absolute Gasteiger partial charge is 0.481 e. The van der Waals surface area contributed by atoms with Crippen LogP contribution in [0.15, 0.2) is 55.0 Å². The van der Waals surface area contributed by atoms with Gasteiger partial charge in [-0.25, -0.2) is 0 Å². The van der Waals surface area contributed by atoms with Gasteiger partial charge in [0.25, 0.3) is 5.91 Å². The molecule has 0 fully saturated rings. The number of Topliss-reactive ketones (excluding diaryl/α,β-unsaturated/α-hetero) is 1. The Morgan fingerprint density at radius 1 is 1.05 bits per heavy atom. The number of aryl methyl sites for hydroxylation is 2. The molecule has 10 nitrogen and oxygen atoms in total. The molecule has 4 rings (SSSR count). The van der Waals surface area contributed by atoms with E-state index in [0.29, 0.717) is 36.2 Å². The lowest BCUT2D eigenvalue weighted by molar-refractivity contribution is -0.137. The van der Waals surface area contributed by atoms with Crippen molar-refractivity contribution in [3.8, 4) is 0 Å². The summed E-state index contributed by atoms with van der Waals surface area (Å²) in [6.45, 7) is 5.63. The van der Waals surface area contributed by atoms with Crippen LogP contribution < -0.4 is 10.6 Å². The molecule has 0 bridgehead atoms. The summed E-state index contributed by atoms with van der Waals surface area (Å²) in [7, 11) is 1.57. The topological polar surface area (TPSA) is 135 Å². The number of hydrogen-bond donors (Lipinski definition) is 3. The molecule has 0 aliphatic carbocycles. The highest BCUT2D eigenvalue weighted by atomic mass is 16.4. The molecule has 0 saturated carbocycles. The van der Waals surface area contributed by atoms with E-state index in [4.69, 9.17) is 5.11 Å². The lowest BCUT2D eigenvalue weighted by Crippen LogP contribution is -2.24. The van der Waals surface area contributed by atoms with Crippen molar-refractivity contribution in [3.63, 3.8) is 0 Å². The summed E-state index contributed by atoms with van der Waals surface area (Å²) in [5.74, 6) is -1.41. The number of anilines is 1. The van der Waals surface area contributed by atoms with Crippen molar-refractivity contribution in [2.45, 2.75) is 52.6 Å². The van der Waals surface area contributed by atoms with Gasteiger partial charge >= 0.3 is 5.97 Å². The number of aromatic nitrogens is 3. The molecule has 0 radical (unpaired) electrons. The zero-order valence-corrected chi connectivity index (χ0v) is 23.0. The molecule has 0 aliphatic rings. The summed E-state index contributed by atoms with van der Waals surface area (Å²) in [6.07, 6.45) is 6.03. The van der Waals surface area contributed by atoms with Crippen LogP contribution in [-0.4, -0.2) is 50.1 Å². The Morgan fingerprint density at radius 3 is 2.50 bits per heavy atom. The van der Waals surface area contributed by atoms with Crippen LogP contribution in [0.3, 0.4) is 0 Å². The van der Waals surface area contributed by atoms with Crippen molar-refractivity contribution in [3.05, 3.63) is 82.8 Å². The first kappa shape index (κ1) is 28.3. The molecule has 0 spiro atoms. The van der Waals surface area contributed by atoms with Gasteiger partial charge in [-0.1, -0.05) is 18.2 Å². The zero-order chi connectivity index (χ0) is 29.0. The fourth-order valence-corrected chi connectivity index (χ4v) is 4.70. The maximum absolute atomic E-state index is 13.6. The normalized spacial score (nSPS) is 11.8. The lowest BCUT2D eigenvalue weighted by atomic mass is 10.0. The summed E-state index contributed by atoms with van der Waals surface area (Å²) in [4.78, 5) is 48.5. The van der Waals surface area contributed by atoms with E-state index >= 15 is 0 Å². The molecule has 3 N–H and O–H groups in total. The van der Waals surface area contributed by atoms with Crippen molar-refractivity contribution in [2.24, 2.45) is 0 Å². The molecule has 2 amide bonds. The summed E-state index contributed by atoms with van der Waals surface area (Å²) in [6, 6.07) is 10.5. The van der Waals surface area contributed by atoms with E-state index in [0.717, 1.165) is 27.6 Å². The summed E-state index contributed by atoms with van der Waals surface area (Å²) in [5, 5.41) is 20.0. The first-order valence-corrected chi connectivity index (χ1v) is 13.1. The van der Waals surface area contributed by atoms with E-state index in [1.165, 1.54) is 13.1 Å².